The minimum atomic E-state index is 0.593. The van der Waals surface area contributed by atoms with E-state index >= 15 is 0 Å². The fourth-order valence-corrected chi connectivity index (χ4v) is 1.32. The van der Waals surface area contributed by atoms with Crippen LogP contribution in [0.15, 0.2) is 24.8 Å². The Bertz CT molecular complexity index is 464. The number of nitrogens with zero attached hydrogens (tertiary/aromatic N) is 4. The van der Waals surface area contributed by atoms with Crippen molar-refractivity contribution in [3.8, 4) is 0 Å². The molecule has 2 N–H and O–H groups in total. The molecule has 0 aliphatic rings. The van der Waals surface area contributed by atoms with Crippen molar-refractivity contribution in [3.63, 3.8) is 0 Å². The van der Waals surface area contributed by atoms with Crippen LogP contribution in [0.4, 0.5) is 11.4 Å². The standard InChI is InChI=1S/C10H14N6/c1-11-8-3-9(5-12-4-8)13-6-10-14-7-16(2)15-10/h3-5,7,11,13H,6H2,1-2H3. The van der Waals surface area contributed by atoms with Gasteiger partial charge in [0.15, 0.2) is 5.82 Å². The SMILES string of the molecule is CNc1cncc(NCc2ncn(C)n2)c1. The molecule has 2 heterocycles. The summed E-state index contributed by atoms with van der Waals surface area (Å²) in [6, 6.07) is 1.98. The van der Waals surface area contributed by atoms with E-state index in [9.17, 15) is 0 Å². The zero-order chi connectivity index (χ0) is 11.4. The molecule has 0 aliphatic heterocycles. The Morgan fingerprint density at radius 1 is 1.31 bits per heavy atom. The number of aromatic nitrogens is 4. The van der Waals surface area contributed by atoms with Gasteiger partial charge in [0.25, 0.3) is 0 Å². The van der Waals surface area contributed by atoms with E-state index in [-0.39, 0.29) is 0 Å². The molecule has 0 saturated heterocycles. The molecule has 84 valence electrons. The van der Waals surface area contributed by atoms with Gasteiger partial charge in [-0.1, -0.05) is 0 Å². The first kappa shape index (κ1) is 10.4. The largest absolute Gasteiger partial charge is 0.387 e. The monoisotopic (exact) mass is 218 g/mol. The lowest BCUT2D eigenvalue weighted by molar-refractivity contribution is 0.747. The number of rotatable bonds is 4. The number of hydrogen-bond donors (Lipinski definition) is 2. The average Bonchev–Trinajstić information content (AvgIpc) is 2.73. The second kappa shape index (κ2) is 4.61. The van der Waals surface area contributed by atoms with Crippen LogP contribution in [-0.4, -0.2) is 26.8 Å². The number of aryl methyl sites for hydroxylation is 1. The van der Waals surface area contributed by atoms with Crippen LogP contribution < -0.4 is 10.6 Å². The van der Waals surface area contributed by atoms with Crippen LogP contribution >= 0.6 is 0 Å². The van der Waals surface area contributed by atoms with Crippen molar-refractivity contribution in [2.24, 2.45) is 7.05 Å². The molecule has 2 aromatic heterocycles. The third kappa shape index (κ3) is 2.47. The Hall–Kier alpha value is -2.11. The number of anilines is 2. The summed E-state index contributed by atoms with van der Waals surface area (Å²) in [7, 11) is 3.71. The molecule has 0 spiro atoms. The predicted molar refractivity (Wildman–Crippen MR) is 62.1 cm³/mol. The van der Waals surface area contributed by atoms with Gasteiger partial charge in [-0.15, -0.1) is 0 Å². The van der Waals surface area contributed by atoms with Gasteiger partial charge in [0.1, 0.15) is 6.33 Å². The van der Waals surface area contributed by atoms with Crippen LogP contribution in [0, 0.1) is 0 Å². The van der Waals surface area contributed by atoms with Gasteiger partial charge < -0.3 is 10.6 Å². The Morgan fingerprint density at radius 2 is 2.12 bits per heavy atom. The number of hydrogen-bond acceptors (Lipinski definition) is 5. The summed E-state index contributed by atoms with van der Waals surface area (Å²) >= 11 is 0. The molecule has 6 nitrogen and oxygen atoms in total. The summed E-state index contributed by atoms with van der Waals surface area (Å²) < 4.78 is 1.68. The first-order valence-electron chi connectivity index (χ1n) is 4.99. The predicted octanol–water partition coefficient (Wildman–Crippen LogP) is 0.864. The highest BCUT2D eigenvalue weighted by Crippen LogP contribution is 2.12. The third-order valence-corrected chi connectivity index (χ3v) is 2.12. The highest BCUT2D eigenvalue weighted by Gasteiger charge is 1.99. The highest BCUT2D eigenvalue weighted by molar-refractivity contribution is 5.53. The minimum absolute atomic E-state index is 0.593. The summed E-state index contributed by atoms with van der Waals surface area (Å²) in [5.74, 6) is 0.761. The minimum Gasteiger partial charge on any atom is -0.387 e. The van der Waals surface area contributed by atoms with Crippen LogP contribution in [0.5, 0.6) is 0 Å². The molecule has 0 aromatic carbocycles. The van der Waals surface area contributed by atoms with E-state index in [1.54, 1.807) is 23.4 Å². The Morgan fingerprint density at radius 3 is 2.81 bits per heavy atom. The molecule has 0 saturated carbocycles. The number of pyridine rings is 1. The van der Waals surface area contributed by atoms with Gasteiger partial charge >= 0.3 is 0 Å². The zero-order valence-corrected chi connectivity index (χ0v) is 9.31. The van der Waals surface area contributed by atoms with Gasteiger partial charge in [-0.25, -0.2) is 4.98 Å². The summed E-state index contributed by atoms with van der Waals surface area (Å²) in [4.78, 5) is 8.23. The average molecular weight is 218 g/mol. The normalized spacial score (nSPS) is 10.1. The fraction of sp³-hybridized carbons (Fsp3) is 0.300. The summed E-state index contributed by atoms with van der Waals surface area (Å²) in [5.41, 5.74) is 1.92. The van der Waals surface area contributed by atoms with Crippen LogP contribution in [0.25, 0.3) is 0 Å². The quantitative estimate of drug-likeness (QED) is 0.796. The van der Waals surface area contributed by atoms with Crippen LogP contribution in [0.1, 0.15) is 5.82 Å². The molecule has 0 fully saturated rings. The van der Waals surface area contributed by atoms with E-state index in [2.05, 4.69) is 25.7 Å². The number of nitrogens with one attached hydrogen (secondary N) is 2. The molecule has 6 heteroatoms. The van der Waals surface area contributed by atoms with Crippen molar-refractivity contribution < 1.29 is 0 Å². The van der Waals surface area contributed by atoms with Gasteiger partial charge in [0.05, 0.1) is 30.3 Å². The van der Waals surface area contributed by atoms with Crippen LogP contribution in [-0.2, 0) is 13.6 Å². The van der Waals surface area contributed by atoms with Crippen molar-refractivity contribution in [2.45, 2.75) is 6.54 Å². The summed E-state index contributed by atoms with van der Waals surface area (Å²) in [6.07, 6.45) is 5.22. The molecule has 0 radical (unpaired) electrons. The Labute approximate surface area is 93.7 Å². The molecule has 0 amide bonds. The van der Waals surface area contributed by atoms with Crippen molar-refractivity contribution in [2.75, 3.05) is 17.7 Å². The van der Waals surface area contributed by atoms with Crippen molar-refractivity contribution in [1.29, 1.82) is 0 Å². The van der Waals surface area contributed by atoms with Gasteiger partial charge in [-0.2, -0.15) is 5.10 Å². The molecule has 16 heavy (non-hydrogen) atoms. The van der Waals surface area contributed by atoms with E-state index in [0.29, 0.717) is 6.54 Å². The van der Waals surface area contributed by atoms with Crippen molar-refractivity contribution >= 4 is 11.4 Å². The lowest BCUT2D eigenvalue weighted by Gasteiger charge is -2.05. The molecule has 0 atom stereocenters. The second-order valence-electron chi connectivity index (χ2n) is 3.40. The van der Waals surface area contributed by atoms with E-state index < -0.39 is 0 Å². The second-order valence-corrected chi connectivity index (χ2v) is 3.40. The molecule has 2 aromatic rings. The highest BCUT2D eigenvalue weighted by atomic mass is 15.3. The molecule has 0 bridgehead atoms. The van der Waals surface area contributed by atoms with Crippen molar-refractivity contribution in [3.05, 3.63) is 30.6 Å². The van der Waals surface area contributed by atoms with Crippen molar-refractivity contribution in [1.82, 2.24) is 19.7 Å². The summed E-state index contributed by atoms with van der Waals surface area (Å²) in [6.45, 7) is 0.593. The summed E-state index contributed by atoms with van der Waals surface area (Å²) in [5, 5.41) is 10.4. The zero-order valence-electron chi connectivity index (χ0n) is 9.31. The first-order chi connectivity index (χ1) is 7.78. The maximum Gasteiger partial charge on any atom is 0.169 e. The van der Waals surface area contributed by atoms with E-state index in [1.807, 2.05) is 20.2 Å². The fourth-order valence-electron chi connectivity index (χ4n) is 1.32. The van der Waals surface area contributed by atoms with E-state index in [0.717, 1.165) is 17.2 Å². The maximum atomic E-state index is 4.18. The van der Waals surface area contributed by atoms with Crippen LogP contribution in [0.2, 0.25) is 0 Å². The van der Waals surface area contributed by atoms with Crippen LogP contribution in [0.3, 0.4) is 0 Å². The molecular weight excluding hydrogens is 204 g/mol. The molecule has 0 aliphatic carbocycles. The molecule has 0 unspecified atom stereocenters. The Balaban J connectivity index is 1.99. The van der Waals surface area contributed by atoms with Gasteiger partial charge in [-0.05, 0) is 6.07 Å². The van der Waals surface area contributed by atoms with Gasteiger partial charge in [0, 0.05) is 14.1 Å². The maximum absolute atomic E-state index is 4.18. The van der Waals surface area contributed by atoms with Gasteiger partial charge in [-0.3, -0.25) is 9.67 Å². The van der Waals surface area contributed by atoms with E-state index in [4.69, 9.17) is 0 Å². The lowest BCUT2D eigenvalue weighted by atomic mass is 10.3. The molecule has 2 rings (SSSR count). The Kier molecular flexibility index (Phi) is 3.00. The van der Waals surface area contributed by atoms with Gasteiger partial charge in [0.2, 0.25) is 0 Å². The lowest BCUT2D eigenvalue weighted by Crippen LogP contribution is -2.03. The van der Waals surface area contributed by atoms with E-state index in [1.165, 1.54) is 0 Å². The topological polar surface area (TPSA) is 67.7 Å². The molecular formula is C10H14N6. The first-order valence-corrected chi connectivity index (χ1v) is 4.99. The third-order valence-electron chi connectivity index (χ3n) is 2.12. The smallest absolute Gasteiger partial charge is 0.169 e.